The molecule has 0 saturated heterocycles. The minimum atomic E-state index is -0.0224. The molecule has 0 radical (unpaired) electrons. The first-order valence-corrected chi connectivity index (χ1v) is 4.61. The summed E-state index contributed by atoms with van der Waals surface area (Å²) in [5.74, 6) is -0.0224. The van der Waals surface area contributed by atoms with Crippen molar-refractivity contribution in [3.05, 3.63) is 35.9 Å². The maximum atomic E-state index is 8.51. The van der Waals surface area contributed by atoms with E-state index in [0.717, 1.165) is 5.56 Å². The first-order chi connectivity index (χ1) is 6.83. The van der Waals surface area contributed by atoms with Gasteiger partial charge in [0.05, 0.1) is 18.6 Å². The highest BCUT2D eigenvalue weighted by atomic mass is 16.6. The van der Waals surface area contributed by atoms with Gasteiger partial charge in [-0.15, -0.1) is 0 Å². The molecule has 3 heteroatoms. The van der Waals surface area contributed by atoms with Gasteiger partial charge < -0.3 is 0 Å². The lowest BCUT2D eigenvalue weighted by Crippen LogP contribution is -2.20. The average Bonchev–Trinajstić information content (AvgIpc) is 2.25. The molecule has 1 aromatic carbocycles. The molecule has 14 heavy (non-hydrogen) atoms. The van der Waals surface area contributed by atoms with Gasteiger partial charge in [-0.25, -0.2) is 5.48 Å². The van der Waals surface area contributed by atoms with Crippen LogP contribution in [0, 0.1) is 17.2 Å². The van der Waals surface area contributed by atoms with E-state index in [1.54, 1.807) is 0 Å². The molecule has 1 N–H and O–H groups in total. The van der Waals surface area contributed by atoms with Gasteiger partial charge in [-0.05, 0) is 12.5 Å². The monoisotopic (exact) mass is 190 g/mol. The summed E-state index contributed by atoms with van der Waals surface area (Å²) in [6, 6.07) is 12.0. The maximum Gasteiger partial charge on any atom is 0.0933 e. The molecule has 0 heterocycles. The van der Waals surface area contributed by atoms with Crippen molar-refractivity contribution < 1.29 is 4.84 Å². The molecule has 0 aliphatic carbocycles. The lowest BCUT2D eigenvalue weighted by Gasteiger charge is -2.06. The van der Waals surface area contributed by atoms with Crippen LogP contribution in [0.15, 0.2) is 30.3 Å². The molecule has 0 amide bonds. The van der Waals surface area contributed by atoms with Gasteiger partial charge in [-0.2, -0.15) is 5.26 Å². The Morgan fingerprint density at radius 2 is 2.14 bits per heavy atom. The lowest BCUT2D eigenvalue weighted by atomic mass is 10.2. The number of nitrogens with zero attached hydrogens (tertiary/aromatic N) is 1. The molecule has 0 fully saturated rings. The fraction of sp³-hybridized carbons (Fsp3) is 0.364. The fourth-order valence-electron chi connectivity index (χ4n) is 0.938. The van der Waals surface area contributed by atoms with E-state index in [1.165, 1.54) is 0 Å². The molecule has 1 unspecified atom stereocenters. The molecule has 0 bridgehead atoms. The quantitative estimate of drug-likeness (QED) is 0.569. The summed E-state index contributed by atoms with van der Waals surface area (Å²) in [6.07, 6.45) is 0. The normalized spacial score (nSPS) is 12.0. The summed E-state index contributed by atoms with van der Waals surface area (Å²) in [7, 11) is 0. The number of hydrogen-bond acceptors (Lipinski definition) is 3. The molecule has 0 aromatic heterocycles. The average molecular weight is 190 g/mol. The second-order valence-corrected chi connectivity index (χ2v) is 3.15. The predicted molar refractivity (Wildman–Crippen MR) is 54.0 cm³/mol. The molecule has 3 nitrogen and oxygen atoms in total. The molecule has 74 valence electrons. The lowest BCUT2D eigenvalue weighted by molar-refractivity contribution is 0.0242. The number of hydroxylamine groups is 1. The Morgan fingerprint density at radius 3 is 2.79 bits per heavy atom. The van der Waals surface area contributed by atoms with Crippen LogP contribution in [0.4, 0.5) is 0 Å². The fourth-order valence-corrected chi connectivity index (χ4v) is 0.938. The Balaban J connectivity index is 2.14. The van der Waals surface area contributed by atoms with Crippen molar-refractivity contribution in [1.82, 2.24) is 5.48 Å². The number of nitrogens with one attached hydrogen (secondary N) is 1. The summed E-state index contributed by atoms with van der Waals surface area (Å²) in [4.78, 5) is 5.19. The first kappa shape index (κ1) is 10.7. The highest BCUT2D eigenvalue weighted by molar-refractivity contribution is 5.13. The molecule has 1 rings (SSSR count). The van der Waals surface area contributed by atoms with Crippen molar-refractivity contribution >= 4 is 0 Å². The number of nitriles is 1. The molecular formula is C11H14N2O. The number of hydrogen-bond donors (Lipinski definition) is 1. The van der Waals surface area contributed by atoms with Crippen molar-refractivity contribution in [2.24, 2.45) is 5.92 Å². The van der Waals surface area contributed by atoms with Gasteiger partial charge in [0.2, 0.25) is 0 Å². The van der Waals surface area contributed by atoms with Crippen molar-refractivity contribution in [3.63, 3.8) is 0 Å². The van der Waals surface area contributed by atoms with E-state index >= 15 is 0 Å². The Hall–Kier alpha value is -1.37. The summed E-state index contributed by atoms with van der Waals surface area (Å²) < 4.78 is 0. The predicted octanol–water partition coefficient (Wildman–Crippen LogP) is 1.87. The molecule has 0 aliphatic rings. The van der Waals surface area contributed by atoms with Crippen molar-refractivity contribution in [3.8, 4) is 6.07 Å². The molecule has 0 saturated carbocycles. The zero-order valence-corrected chi connectivity index (χ0v) is 8.23. The first-order valence-electron chi connectivity index (χ1n) is 4.61. The zero-order valence-electron chi connectivity index (χ0n) is 8.23. The van der Waals surface area contributed by atoms with Crippen LogP contribution in [0.2, 0.25) is 0 Å². The number of benzene rings is 1. The van der Waals surface area contributed by atoms with E-state index in [1.807, 2.05) is 37.3 Å². The smallest absolute Gasteiger partial charge is 0.0933 e. The van der Waals surface area contributed by atoms with Gasteiger partial charge in [0.1, 0.15) is 0 Å². The highest BCUT2D eigenvalue weighted by Crippen LogP contribution is 1.99. The van der Waals surface area contributed by atoms with Gasteiger partial charge in [0, 0.05) is 6.54 Å². The third kappa shape index (κ3) is 4.04. The molecule has 0 spiro atoms. The molecule has 1 aromatic rings. The van der Waals surface area contributed by atoms with Crippen LogP contribution in [-0.2, 0) is 11.4 Å². The van der Waals surface area contributed by atoms with Gasteiger partial charge in [-0.3, -0.25) is 4.84 Å². The summed E-state index contributed by atoms with van der Waals surface area (Å²) in [5.41, 5.74) is 3.88. The second kappa shape index (κ2) is 6.14. The van der Waals surface area contributed by atoms with E-state index in [4.69, 9.17) is 10.1 Å². The summed E-state index contributed by atoms with van der Waals surface area (Å²) >= 11 is 0. The van der Waals surface area contributed by atoms with Gasteiger partial charge in [0.25, 0.3) is 0 Å². The van der Waals surface area contributed by atoms with Gasteiger partial charge in [-0.1, -0.05) is 30.3 Å². The van der Waals surface area contributed by atoms with E-state index in [2.05, 4.69) is 11.5 Å². The van der Waals surface area contributed by atoms with Gasteiger partial charge >= 0.3 is 0 Å². The second-order valence-electron chi connectivity index (χ2n) is 3.15. The van der Waals surface area contributed by atoms with E-state index in [-0.39, 0.29) is 5.92 Å². The SMILES string of the molecule is CC(C#N)CNOCc1ccccc1. The van der Waals surface area contributed by atoms with Crippen molar-refractivity contribution in [2.75, 3.05) is 6.54 Å². The minimum Gasteiger partial charge on any atom is -0.297 e. The number of rotatable bonds is 5. The Bertz CT molecular complexity index is 292. The van der Waals surface area contributed by atoms with E-state index < -0.39 is 0 Å². The maximum absolute atomic E-state index is 8.51. The topological polar surface area (TPSA) is 45.0 Å². The minimum absolute atomic E-state index is 0.0224. The van der Waals surface area contributed by atoms with Crippen molar-refractivity contribution in [2.45, 2.75) is 13.5 Å². The third-order valence-electron chi connectivity index (χ3n) is 1.79. The largest absolute Gasteiger partial charge is 0.297 e. The van der Waals surface area contributed by atoms with Crippen LogP contribution in [0.1, 0.15) is 12.5 Å². The Kier molecular flexibility index (Phi) is 4.70. The summed E-state index contributed by atoms with van der Waals surface area (Å²) in [5, 5.41) is 8.51. The van der Waals surface area contributed by atoms with Crippen LogP contribution >= 0.6 is 0 Å². The van der Waals surface area contributed by atoms with Crippen LogP contribution in [0.5, 0.6) is 0 Å². The molecular weight excluding hydrogens is 176 g/mol. The van der Waals surface area contributed by atoms with Gasteiger partial charge in [0.15, 0.2) is 0 Å². The standard InChI is InChI=1S/C11H14N2O/c1-10(7-12)8-13-14-9-11-5-3-2-4-6-11/h2-6,10,13H,8-9H2,1H3. The van der Waals surface area contributed by atoms with Crippen molar-refractivity contribution in [1.29, 1.82) is 5.26 Å². The molecule has 1 atom stereocenters. The zero-order chi connectivity index (χ0) is 10.2. The van der Waals surface area contributed by atoms with Crippen LogP contribution in [0.25, 0.3) is 0 Å². The van der Waals surface area contributed by atoms with E-state index in [0.29, 0.717) is 13.2 Å². The third-order valence-corrected chi connectivity index (χ3v) is 1.79. The van der Waals surface area contributed by atoms with Crippen LogP contribution in [0.3, 0.4) is 0 Å². The van der Waals surface area contributed by atoms with Crippen LogP contribution in [-0.4, -0.2) is 6.54 Å². The van der Waals surface area contributed by atoms with Crippen LogP contribution < -0.4 is 5.48 Å². The Morgan fingerprint density at radius 1 is 1.43 bits per heavy atom. The molecule has 0 aliphatic heterocycles. The Labute approximate surface area is 84.3 Å². The summed E-state index contributed by atoms with van der Waals surface area (Å²) in [6.45, 7) is 2.93. The van der Waals surface area contributed by atoms with E-state index in [9.17, 15) is 0 Å². The highest BCUT2D eigenvalue weighted by Gasteiger charge is 1.97.